The molecule has 26 heavy (non-hydrogen) atoms. The van der Waals surface area contributed by atoms with E-state index in [1.54, 1.807) is 6.07 Å². The fourth-order valence-electron chi connectivity index (χ4n) is 3.59. The number of aryl methyl sites for hydroxylation is 2. The van der Waals surface area contributed by atoms with E-state index in [4.69, 9.17) is 0 Å². The van der Waals surface area contributed by atoms with Crippen molar-refractivity contribution >= 4 is 17.4 Å². The van der Waals surface area contributed by atoms with Gasteiger partial charge in [0.25, 0.3) is 5.91 Å². The molecule has 1 aliphatic carbocycles. The maximum atomic E-state index is 12.7. The van der Waals surface area contributed by atoms with Gasteiger partial charge in [0.05, 0.1) is 0 Å². The van der Waals surface area contributed by atoms with Gasteiger partial charge < -0.3 is 10.2 Å². The minimum atomic E-state index is -0.0936. The molecular formula is C21H28N4O. The van der Waals surface area contributed by atoms with E-state index in [-0.39, 0.29) is 11.9 Å². The number of nitrogens with one attached hydrogen (secondary N) is 1. The molecule has 0 aliphatic heterocycles. The zero-order valence-electron chi connectivity index (χ0n) is 16.0. The van der Waals surface area contributed by atoms with Crippen LogP contribution in [0.2, 0.25) is 0 Å². The van der Waals surface area contributed by atoms with Crippen LogP contribution in [0.3, 0.4) is 0 Å². The molecule has 0 bridgehead atoms. The maximum Gasteiger partial charge on any atom is 0.270 e. The van der Waals surface area contributed by atoms with E-state index in [9.17, 15) is 4.79 Å². The first-order valence-corrected chi connectivity index (χ1v) is 9.57. The largest absolute Gasteiger partial charge is 0.348 e. The predicted molar refractivity (Wildman–Crippen MR) is 105 cm³/mol. The number of rotatable bonds is 5. The van der Waals surface area contributed by atoms with Crippen LogP contribution in [0.1, 0.15) is 60.9 Å². The highest BCUT2D eigenvalue weighted by Crippen LogP contribution is 2.25. The maximum absolute atomic E-state index is 12.7. The summed E-state index contributed by atoms with van der Waals surface area (Å²) in [5.74, 6) is 1.28. The zero-order valence-corrected chi connectivity index (χ0v) is 16.0. The van der Waals surface area contributed by atoms with Crippen molar-refractivity contribution < 1.29 is 4.79 Å². The molecule has 5 heteroatoms. The molecule has 2 aromatic rings. The molecule has 3 rings (SSSR count). The second kappa shape index (κ2) is 8.30. The fourth-order valence-corrected chi connectivity index (χ4v) is 3.59. The van der Waals surface area contributed by atoms with Crippen LogP contribution in [0.5, 0.6) is 0 Å². The van der Waals surface area contributed by atoms with Gasteiger partial charge in [0.15, 0.2) is 0 Å². The van der Waals surface area contributed by atoms with Crippen LogP contribution in [-0.4, -0.2) is 28.5 Å². The molecule has 1 aromatic heterocycles. The number of nitrogens with zero attached hydrogens (tertiary/aromatic N) is 3. The van der Waals surface area contributed by atoms with Crippen molar-refractivity contribution in [1.82, 2.24) is 15.3 Å². The van der Waals surface area contributed by atoms with Gasteiger partial charge in [-0.05, 0) is 51.3 Å². The first kappa shape index (κ1) is 18.4. The van der Waals surface area contributed by atoms with E-state index in [0.29, 0.717) is 11.5 Å². The lowest BCUT2D eigenvalue weighted by Crippen LogP contribution is -2.36. The highest BCUT2D eigenvalue weighted by atomic mass is 16.1. The Hall–Kier alpha value is -2.43. The van der Waals surface area contributed by atoms with Gasteiger partial charge in [-0.3, -0.25) is 4.79 Å². The zero-order chi connectivity index (χ0) is 18.5. The van der Waals surface area contributed by atoms with Crippen LogP contribution < -0.4 is 10.2 Å². The SMILES string of the molecule is CCN(c1cccc(C)c1)c1cc(C(=O)NC2CCCCC2)nc(C)n1. The molecule has 1 fully saturated rings. The predicted octanol–water partition coefficient (Wildman–Crippen LogP) is 4.31. The summed E-state index contributed by atoms with van der Waals surface area (Å²) in [7, 11) is 0. The van der Waals surface area contributed by atoms with Crippen molar-refractivity contribution in [3.05, 3.63) is 47.4 Å². The Kier molecular flexibility index (Phi) is 5.86. The van der Waals surface area contributed by atoms with Gasteiger partial charge in [0.1, 0.15) is 17.3 Å². The molecule has 0 saturated heterocycles. The molecule has 138 valence electrons. The van der Waals surface area contributed by atoms with E-state index in [0.717, 1.165) is 30.9 Å². The summed E-state index contributed by atoms with van der Waals surface area (Å²) < 4.78 is 0. The Morgan fingerprint density at radius 2 is 1.92 bits per heavy atom. The van der Waals surface area contributed by atoms with E-state index in [2.05, 4.69) is 52.2 Å². The first-order valence-electron chi connectivity index (χ1n) is 9.57. The summed E-state index contributed by atoms with van der Waals surface area (Å²) in [5.41, 5.74) is 2.72. The second-order valence-corrected chi connectivity index (χ2v) is 7.05. The van der Waals surface area contributed by atoms with Crippen LogP contribution in [0.25, 0.3) is 0 Å². The third-order valence-corrected chi connectivity index (χ3v) is 4.90. The third-order valence-electron chi connectivity index (χ3n) is 4.90. The molecule has 0 atom stereocenters. The lowest BCUT2D eigenvalue weighted by molar-refractivity contribution is 0.0922. The molecular weight excluding hydrogens is 324 g/mol. The van der Waals surface area contributed by atoms with Crippen molar-refractivity contribution in [1.29, 1.82) is 0 Å². The molecule has 1 heterocycles. The number of benzene rings is 1. The van der Waals surface area contributed by atoms with Crippen LogP contribution in [0.4, 0.5) is 11.5 Å². The molecule has 1 aliphatic rings. The number of amides is 1. The Morgan fingerprint density at radius 1 is 1.15 bits per heavy atom. The molecule has 0 spiro atoms. The van der Waals surface area contributed by atoms with Crippen LogP contribution in [-0.2, 0) is 0 Å². The minimum Gasteiger partial charge on any atom is -0.348 e. The molecule has 0 unspecified atom stereocenters. The highest BCUT2D eigenvalue weighted by molar-refractivity contribution is 5.93. The Morgan fingerprint density at radius 3 is 2.62 bits per heavy atom. The van der Waals surface area contributed by atoms with Gasteiger partial charge >= 0.3 is 0 Å². The van der Waals surface area contributed by atoms with Crippen LogP contribution in [0.15, 0.2) is 30.3 Å². The quantitative estimate of drug-likeness (QED) is 0.871. The summed E-state index contributed by atoms with van der Waals surface area (Å²) in [6.07, 6.45) is 5.77. The fraction of sp³-hybridized carbons (Fsp3) is 0.476. The highest BCUT2D eigenvalue weighted by Gasteiger charge is 2.19. The van der Waals surface area contributed by atoms with E-state index in [1.165, 1.54) is 24.8 Å². The summed E-state index contributed by atoms with van der Waals surface area (Å²) >= 11 is 0. The van der Waals surface area contributed by atoms with Crippen molar-refractivity contribution in [3.8, 4) is 0 Å². The normalized spacial score (nSPS) is 14.9. The Balaban J connectivity index is 1.85. The monoisotopic (exact) mass is 352 g/mol. The second-order valence-electron chi connectivity index (χ2n) is 7.05. The number of hydrogen-bond donors (Lipinski definition) is 1. The van der Waals surface area contributed by atoms with E-state index in [1.807, 2.05) is 13.0 Å². The van der Waals surface area contributed by atoms with Crippen LogP contribution >= 0.6 is 0 Å². The van der Waals surface area contributed by atoms with Gasteiger partial charge in [-0.1, -0.05) is 31.4 Å². The molecule has 1 amide bonds. The average molecular weight is 352 g/mol. The van der Waals surface area contributed by atoms with Crippen molar-refractivity contribution in [2.24, 2.45) is 0 Å². The van der Waals surface area contributed by atoms with Gasteiger partial charge in [-0.15, -0.1) is 0 Å². The number of carbonyl (C=O) groups is 1. The molecule has 1 saturated carbocycles. The standard InChI is InChI=1S/C21H28N4O/c1-4-25(18-12-8-9-15(2)13-18)20-14-19(22-16(3)23-20)21(26)24-17-10-6-5-7-11-17/h8-9,12-14,17H,4-7,10-11H2,1-3H3,(H,24,26). The summed E-state index contributed by atoms with van der Waals surface area (Å²) in [6.45, 7) is 6.77. The first-order chi connectivity index (χ1) is 12.6. The van der Waals surface area contributed by atoms with E-state index >= 15 is 0 Å². The number of carbonyl (C=O) groups excluding carboxylic acids is 1. The van der Waals surface area contributed by atoms with E-state index < -0.39 is 0 Å². The van der Waals surface area contributed by atoms with Crippen LogP contribution in [0, 0.1) is 13.8 Å². The molecule has 5 nitrogen and oxygen atoms in total. The number of hydrogen-bond acceptors (Lipinski definition) is 4. The number of aromatic nitrogens is 2. The smallest absolute Gasteiger partial charge is 0.270 e. The molecule has 1 N–H and O–H groups in total. The van der Waals surface area contributed by atoms with Crippen molar-refractivity contribution in [2.45, 2.75) is 58.9 Å². The topological polar surface area (TPSA) is 58.1 Å². The summed E-state index contributed by atoms with van der Waals surface area (Å²) in [6, 6.07) is 10.4. The molecule has 0 radical (unpaired) electrons. The van der Waals surface area contributed by atoms with Gasteiger partial charge in [0, 0.05) is 24.3 Å². The van der Waals surface area contributed by atoms with Crippen molar-refractivity contribution in [3.63, 3.8) is 0 Å². The lowest BCUT2D eigenvalue weighted by Gasteiger charge is -2.24. The van der Waals surface area contributed by atoms with Gasteiger partial charge in [0.2, 0.25) is 0 Å². The number of anilines is 2. The van der Waals surface area contributed by atoms with Gasteiger partial charge in [-0.2, -0.15) is 0 Å². The summed E-state index contributed by atoms with van der Waals surface area (Å²) in [4.78, 5) is 23.8. The van der Waals surface area contributed by atoms with Gasteiger partial charge in [-0.25, -0.2) is 9.97 Å². The Labute approximate surface area is 155 Å². The molecule has 1 aromatic carbocycles. The Bertz CT molecular complexity index is 768. The summed E-state index contributed by atoms with van der Waals surface area (Å²) in [5, 5.41) is 3.15. The average Bonchev–Trinajstić information content (AvgIpc) is 2.63. The lowest BCUT2D eigenvalue weighted by atomic mass is 9.95. The minimum absolute atomic E-state index is 0.0936. The third kappa shape index (κ3) is 4.40. The van der Waals surface area contributed by atoms with Crippen molar-refractivity contribution in [2.75, 3.05) is 11.4 Å².